The highest BCUT2D eigenvalue weighted by molar-refractivity contribution is 5.87. The van der Waals surface area contributed by atoms with Gasteiger partial charge >= 0.3 is 5.97 Å². The van der Waals surface area contributed by atoms with Crippen LogP contribution in [-0.2, 0) is 14.4 Å². The molecule has 0 aromatic carbocycles. The maximum atomic E-state index is 13.3. The molecule has 1 N–H and O–H groups in total. The lowest BCUT2D eigenvalue weighted by molar-refractivity contribution is -0.154. The van der Waals surface area contributed by atoms with E-state index in [4.69, 9.17) is 0 Å². The SMILES string of the molecule is CCC(C)C(=O)N1CCCC(C(=O)N2C(C(=O)O)CC3CCCCC32)C1. The predicted molar refractivity (Wildman–Crippen MR) is 97.4 cm³/mol. The summed E-state index contributed by atoms with van der Waals surface area (Å²) in [5, 5.41) is 9.66. The summed E-state index contributed by atoms with van der Waals surface area (Å²) in [6, 6.07) is -0.603. The quantitative estimate of drug-likeness (QED) is 0.831. The molecule has 6 nitrogen and oxygen atoms in total. The second kappa shape index (κ2) is 7.97. The van der Waals surface area contributed by atoms with Crippen LogP contribution in [0.1, 0.15) is 65.2 Å². The molecule has 5 unspecified atom stereocenters. The fourth-order valence-electron chi connectivity index (χ4n) is 5.07. The third-order valence-corrected chi connectivity index (χ3v) is 6.74. The Kier molecular flexibility index (Phi) is 5.88. The van der Waals surface area contributed by atoms with E-state index in [0.717, 1.165) is 44.9 Å². The lowest BCUT2D eigenvalue weighted by Gasteiger charge is -2.39. The van der Waals surface area contributed by atoms with Crippen LogP contribution in [0.4, 0.5) is 0 Å². The molecule has 2 saturated heterocycles. The zero-order chi connectivity index (χ0) is 18.8. The Morgan fingerprint density at radius 3 is 2.54 bits per heavy atom. The number of carbonyl (C=O) groups excluding carboxylic acids is 2. The summed E-state index contributed by atoms with van der Waals surface area (Å²) < 4.78 is 0. The van der Waals surface area contributed by atoms with Crippen LogP contribution in [0.15, 0.2) is 0 Å². The van der Waals surface area contributed by atoms with E-state index in [1.54, 1.807) is 4.90 Å². The molecule has 2 aliphatic heterocycles. The number of hydrogen-bond donors (Lipinski definition) is 1. The smallest absolute Gasteiger partial charge is 0.326 e. The fraction of sp³-hybridized carbons (Fsp3) is 0.850. The molecule has 0 bridgehead atoms. The summed E-state index contributed by atoms with van der Waals surface area (Å²) >= 11 is 0. The van der Waals surface area contributed by atoms with E-state index in [2.05, 4.69) is 0 Å². The Morgan fingerprint density at radius 1 is 1.12 bits per heavy atom. The highest BCUT2D eigenvalue weighted by Crippen LogP contribution is 2.41. The Balaban J connectivity index is 1.74. The molecule has 0 aromatic rings. The molecule has 0 aromatic heterocycles. The molecule has 6 heteroatoms. The molecule has 0 spiro atoms. The van der Waals surface area contributed by atoms with Crippen molar-refractivity contribution in [2.24, 2.45) is 17.8 Å². The third-order valence-electron chi connectivity index (χ3n) is 6.74. The van der Waals surface area contributed by atoms with Crippen LogP contribution >= 0.6 is 0 Å². The second-order valence-corrected chi connectivity index (χ2v) is 8.38. The van der Waals surface area contributed by atoms with E-state index < -0.39 is 12.0 Å². The molecule has 1 aliphatic carbocycles. The molecule has 0 radical (unpaired) electrons. The van der Waals surface area contributed by atoms with Crippen molar-refractivity contribution >= 4 is 17.8 Å². The Morgan fingerprint density at radius 2 is 1.85 bits per heavy atom. The lowest BCUT2D eigenvalue weighted by Crippen LogP contribution is -2.53. The van der Waals surface area contributed by atoms with Gasteiger partial charge in [0.05, 0.1) is 5.92 Å². The first-order valence-electron chi connectivity index (χ1n) is 10.3. The number of nitrogens with zero attached hydrogens (tertiary/aromatic N) is 2. The van der Waals surface area contributed by atoms with Crippen LogP contribution in [0.2, 0.25) is 0 Å². The second-order valence-electron chi connectivity index (χ2n) is 8.38. The predicted octanol–water partition coefficient (Wildman–Crippen LogP) is 2.52. The average molecular weight is 364 g/mol. The van der Waals surface area contributed by atoms with Crippen LogP contribution in [0, 0.1) is 17.8 Å². The van der Waals surface area contributed by atoms with Gasteiger partial charge in [0.25, 0.3) is 0 Å². The van der Waals surface area contributed by atoms with E-state index in [1.165, 1.54) is 0 Å². The number of likely N-dealkylation sites (tertiary alicyclic amines) is 2. The summed E-state index contributed by atoms with van der Waals surface area (Å²) in [6.07, 6.45) is 7.11. The molecule has 3 rings (SSSR count). The van der Waals surface area contributed by atoms with Gasteiger partial charge in [-0.15, -0.1) is 0 Å². The van der Waals surface area contributed by atoms with Crippen LogP contribution in [0.5, 0.6) is 0 Å². The maximum Gasteiger partial charge on any atom is 0.326 e. The van der Waals surface area contributed by atoms with E-state index >= 15 is 0 Å². The first-order chi connectivity index (χ1) is 12.4. The summed E-state index contributed by atoms with van der Waals surface area (Å²) in [4.78, 5) is 41.1. The molecular weight excluding hydrogens is 332 g/mol. The Hall–Kier alpha value is -1.59. The van der Waals surface area contributed by atoms with Gasteiger partial charge in [0, 0.05) is 25.0 Å². The summed E-state index contributed by atoms with van der Waals surface area (Å²) in [5.74, 6) is -0.735. The topological polar surface area (TPSA) is 77.9 Å². The molecule has 146 valence electrons. The maximum absolute atomic E-state index is 13.3. The number of carbonyl (C=O) groups is 3. The zero-order valence-corrected chi connectivity index (χ0v) is 16.0. The number of carboxylic acid groups (broad SMARTS) is 1. The standard InChI is InChI=1S/C20H32N2O4/c1-3-13(2)18(23)21-10-6-8-15(12-21)19(24)22-16-9-5-4-7-14(16)11-17(22)20(25)26/h13-17H,3-12H2,1-2H3,(H,25,26). The minimum atomic E-state index is -0.879. The zero-order valence-electron chi connectivity index (χ0n) is 16.0. The van der Waals surface area contributed by atoms with Crippen molar-refractivity contribution in [1.82, 2.24) is 9.80 Å². The van der Waals surface area contributed by atoms with Crippen LogP contribution in [-0.4, -0.2) is 57.9 Å². The molecule has 1 saturated carbocycles. The van der Waals surface area contributed by atoms with Gasteiger partial charge in [0.15, 0.2) is 0 Å². The third kappa shape index (κ3) is 3.60. The van der Waals surface area contributed by atoms with Crippen LogP contribution in [0.3, 0.4) is 0 Å². The van der Waals surface area contributed by atoms with E-state index in [-0.39, 0.29) is 29.7 Å². The van der Waals surface area contributed by atoms with Crippen molar-refractivity contribution < 1.29 is 19.5 Å². The molecule has 26 heavy (non-hydrogen) atoms. The molecule has 3 fully saturated rings. The van der Waals surface area contributed by atoms with Crippen molar-refractivity contribution in [3.05, 3.63) is 0 Å². The number of aliphatic carboxylic acids is 1. The monoisotopic (exact) mass is 364 g/mol. The van der Waals surface area contributed by atoms with Crippen molar-refractivity contribution in [3.8, 4) is 0 Å². The number of rotatable bonds is 4. The number of hydrogen-bond acceptors (Lipinski definition) is 3. The van der Waals surface area contributed by atoms with Gasteiger partial charge in [-0.1, -0.05) is 26.7 Å². The first-order valence-corrected chi connectivity index (χ1v) is 10.3. The minimum absolute atomic E-state index is 0.0230. The number of fused-ring (bicyclic) bond motifs is 1. The lowest BCUT2D eigenvalue weighted by atomic mass is 9.84. The normalized spacial score (nSPS) is 32.8. The number of piperidine rings is 1. The highest BCUT2D eigenvalue weighted by Gasteiger charge is 2.49. The van der Waals surface area contributed by atoms with Crippen molar-refractivity contribution in [2.45, 2.75) is 77.3 Å². The highest BCUT2D eigenvalue weighted by atomic mass is 16.4. The van der Waals surface area contributed by atoms with Crippen LogP contribution in [0.25, 0.3) is 0 Å². The van der Waals surface area contributed by atoms with Gasteiger partial charge in [-0.25, -0.2) is 4.79 Å². The van der Waals surface area contributed by atoms with Gasteiger partial charge in [-0.3, -0.25) is 9.59 Å². The van der Waals surface area contributed by atoms with Gasteiger partial charge in [-0.2, -0.15) is 0 Å². The largest absolute Gasteiger partial charge is 0.480 e. The number of amides is 2. The minimum Gasteiger partial charge on any atom is -0.480 e. The van der Waals surface area contributed by atoms with E-state index in [9.17, 15) is 19.5 Å². The molecule has 2 amide bonds. The fourth-order valence-corrected chi connectivity index (χ4v) is 5.07. The molecule has 3 aliphatic rings. The Bertz CT molecular complexity index is 564. The van der Waals surface area contributed by atoms with Crippen molar-refractivity contribution in [2.75, 3.05) is 13.1 Å². The van der Waals surface area contributed by atoms with Gasteiger partial charge in [0.1, 0.15) is 6.04 Å². The molecule has 2 heterocycles. The summed E-state index contributed by atoms with van der Waals surface area (Å²) in [7, 11) is 0. The first kappa shape index (κ1) is 19.2. The van der Waals surface area contributed by atoms with Crippen LogP contribution < -0.4 is 0 Å². The number of carboxylic acids is 1. The molecule has 5 atom stereocenters. The van der Waals surface area contributed by atoms with Gasteiger partial charge in [0.2, 0.25) is 11.8 Å². The molecular formula is C20H32N2O4. The van der Waals surface area contributed by atoms with Gasteiger partial charge in [-0.05, 0) is 44.4 Å². The summed E-state index contributed by atoms with van der Waals surface area (Å²) in [6.45, 7) is 5.09. The Labute approximate surface area is 155 Å². The van der Waals surface area contributed by atoms with Crippen molar-refractivity contribution in [3.63, 3.8) is 0 Å². The average Bonchev–Trinajstić information content (AvgIpc) is 3.06. The van der Waals surface area contributed by atoms with E-state index in [1.807, 2.05) is 18.7 Å². The van der Waals surface area contributed by atoms with E-state index in [0.29, 0.717) is 25.4 Å². The summed E-state index contributed by atoms with van der Waals surface area (Å²) in [5.41, 5.74) is 0. The van der Waals surface area contributed by atoms with Crippen molar-refractivity contribution in [1.29, 1.82) is 0 Å². The van der Waals surface area contributed by atoms with Gasteiger partial charge < -0.3 is 14.9 Å².